The number of benzene rings is 1. The predicted octanol–water partition coefficient (Wildman–Crippen LogP) is 3.05. The van der Waals surface area contributed by atoms with Crippen LogP contribution in [0.15, 0.2) is 36.4 Å². The molecule has 1 unspecified atom stereocenters. The number of thiophene rings is 1. The minimum atomic E-state index is -0.997. The normalized spacial score (nSPS) is 16.6. The second kappa shape index (κ2) is 9.27. The summed E-state index contributed by atoms with van der Waals surface area (Å²) in [7, 11) is 2.02. The van der Waals surface area contributed by atoms with Gasteiger partial charge in [-0.2, -0.15) is 0 Å². The number of piperidine rings is 1. The van der Waals surface area contributed by atoms with E-state index < -0.39 is 23.8 Å². The van der Waals surface area contributed by atoms with Gasteiger partial charge in [0.15, 0.2) is 0 Å². The molecular formula is C20H23FN2O4S. The third-order valence-corrected chi connectivity index (χ3v) is 5.83. The maximum absolute atomic E-state index is 14.3. The Labute approximate surface area is 166 Å². The third-order valence-electron chi connectivity index (χ3n) is 4.75. The van der Waals surface area contributed by atoms with Crippen LogP contribution in [0.3, 0.4) is 0 Å². The van der Waals surface area contributed by atoms with Gasteiger partial charge < -0.3 is 14.7 Å². The highest BCUT2D eigenvalue weighted by Gasteiger charge is 2.28. The first-order valence-corrected chi connectivity index (χ1v) is 9.94. The highest BCUT2D eigenvalue weighted by Crippen LogP contribution is 2.23. The van der Waals surface area contributed by atoms with E-state index in [0.717, 1.165) is 42.1 Å². The van der Waals surface area contributed by atoms with Gasteiger partial charge in [-0.25, -0.2) is 14.0 Å². The highest BCUT2D eigenvalue weighted by atomic mass is 32.1. The molecule has 0 radical (unpaired) electrons. The van der Waals surface area contributed by atoms with Crippen LogP contribution in [-0.4, -0.2) is 48.2 Å². The van der Waals surface area contributed by atoms with Crippen molar-refractivity contribution in [3.8, 4) is 0 Å². The average Bonchev–Trinajstić information content (AvgIpc) is 3.14. The number of carboxylic acid groups (broad SMARTS) is 1. The van der Waals surface area contributed by atoms with Crippen molar-refractivity contribution in [1.82, 2.24) is 10.2 Å². The topological polar surface area (TPSA) is 78.9 Å². The number of hydrogen-bond acceptors (Lipinski definition) is 6. The molecule has 0 aliphatic carbocycles. The van der Waals surface area contributed by atoms with Crippen molar-refractivity contribution in [2.24, 2.45) is 0 Å². The Morgan fingerprint density at radius 1 is 1.29 bits per heavy atom. The van der Waals surface area contributed by atoms with E-state index in [9.17, 15) is 14.0 Å². The van der Waals surface area contributed by atoms with Crippen molar-refractivity contribution in [2.75, 3.05) is 20.1 Å². The predicted molar refractivity (Wildman–Crippen MR) is 104 cm³/mol. The van der Waals surface area contributed by atoms with E-state index in [1.54, 1.807) is 24.3 Å². The van der Waals surface area contributed by atoms with Crippen LogP contribution in [0.4, 0.5) is 4.39 Å². The molecule has 28 heavy (non-hydrogen) atoms. The monoisotopic (exact) mass is 406 g/mol. The van der Waals surface area contributed by atoms with E-state index in [1.807, 2.05) is 7.05 Å². The van der Waals surface area contributed by atoms with Crippen molar-refractivity contribution < 1.29 is 23.8 Å². The molecule has 0 spiro atoms. The van der Waals surface area contributed by atoms with E-state index in [4.69, 9.17) is 9.84 Å². The number of aromatic carboxylic acids is 1. The summed E-state index contributed by atoms with van der Waals surface area (Å²) in [6, 6.07) is 8.33. The number of likely N-dealkylation sites (tertiary alicyclic amines) is 1. The van der Waals surface area contributed by atoms with Crippen LogP contribution in [0.5, 0.6) is 0 Å². The zero-order valence-electron chi connectivity index (χ0n) is 15.6. The smallest absolute Gasteiger partial charge is 0.345 e. The first-order valence-electron chi connectivity index (χ1n) is 9.13. The summed E-state index contributed by atoms with van der Waals surface area (Å²) >= 11 is 1.12. The number of carbonyl (C=O) groups excluding carboxylic acids is 1. The number of carboxylic acids is 1. The van der Waals surface area contributed by atoms with E-state index in [2.05, 4.69) is 10.2 Å². The number of rotatable bonds is 7. The van der Waals surface area contributed by atoms with Crippen LogP contribution in [0, 0.1) is 5.82 Å². The standard InChI is InChI=1S/C20H23FN2O4S/c1-23-10-8-13(9-11-23)27-20(26)18(15-4-2-3-5-16(15)21)22-12-14-6-7-17(28-14)19(24)25/h2-7,13,18,22H,8-12H2,1H3,(H,24,25). The third kappa shape index (κ3) is 5.15. The van der Waals surface area contributed by atoms with Gasteiger partial charge in [0, 0.05) is 30.1 Å². The molecule has 1 aromatic carbocycles. The summed E-state index contributed by atoms with van der Waals surface area (Å²) in [5.41, 5.74) is 0.218. The molecule has 1 atom stereocenters. The average molecular weight is 406 g/mol. The van der Waals surface area contributed by atoms with Gasteiger partial charge >= 0.3 is 11.9 Å². The lowest BCUT2D eigenvalue weighted by Crippen LogP contribution is -2.38. The molecule has 1 aliphatic rings. The Morgan fingerprint density at radius 3 is 2.64 bits per heavy atom. The summed E-state index contributed by atoms with van der Waals surface area (Å²) in [6.07, 6.45) is 1.32. The largest absolute Gasteiger partial charge is 0.477 e. The minimum Gasteiger partial charge on any atom is -0.477 e. The second-order valence-corrected chi connectivity index (χ2v) is 8.01. The molecule has 2 N–H and O–H groups in total. The molecule has 3 rings (SSSR count). The Morgan fingerprint density at radius 2 is 2.00 bits per heavy atom. The van der Waals surface area contributed by atoms with Crippen LogP contribution in [-0.2, 0) is 16.1 Å². The van der Waals surface area contributed by atoms with Crippen molar-refractivity contribution in [3.63, 3.8) is 0 Å². The van der Waals surface area contributed by atoms with E-state index in [1.165, 1.54) is 12.1 Å². The molecule has 1 aromatic heterocycles. The highest BCUT2D eigenvalue weighted by molar-refractivity contribution is 7.13. The zero-order valence-corrected chi connectivity index (χ0v) is 16.4. The maximum Gasteiger partial charge on any atom is 0.345 e. The van der Waals surface area contributed by atoms with Gasteiger partial charge in [-0.05, 0) is 38.1 Å². The van der Waals surface area contributed by atoms with Gasteiger partial charge in [0.05, 0.1) is 0 Å². The Bertz CT molecular complexity index is 833. The van der Waals surface area contributed by atoms with E-state index in [-0.39, 0.29) is 23.1 Å². The Balaban J connectivity index is 1.72. The first-order chi connectivity index (χ1) is 13.4. The lowest BCUT2D eigenvalue weighted by Gasteiger charge is -2.30. The Hall–Kier alpha value is -2.29. The molecule has 1 fully saturated rings. The molecule has 0 bridgehead atoms. The fraction of sp³-hybridized carbons (Fsp3) is 0.400. The van der Waals surface area contributed by atoms with Crippen molar-refractivity contribution in [1.29, 1.82) is 0 Å². The number of ether oxygens (including phenoxy) is 1. The minimum absolute atomic E-state index is 0.180. The van der Waals surface area contributed by atoms with Crippen LogP contribution in [0.2, 0.25) is 0 Å². The second-order valence-electron chi connectivity index (χ2n) is 6.85. The molecule has 2 aromatic rings. The lowest BCUT2D eigenvalue weighted by molar-refractivity contribution is -0.154. The van der Waals surface area contributed by atoms with Crippen LogP contribution in [0.1, 0.15) is 39.0 Å². The molecule has 0 amide bonds. The van der Waals surface area contributed by atoms with E-state index >= 15 is 0 Å². The SMILES string of the molecule is CN1CCC(OC(=O)C(NCc2ccc(C(=O)O)s2)c2ccccc2F)CC1. The van der Waals surface area contributed by atoms with Gasteiger partial charge in [0.25, 0.3) is 0 Å². The molecule has 1 aliphatic heterocycles. The first kappa shape index (κ1) is 20.4. The van der Waals surface area contributed by atoms with Crippen molar-refractivity contribution >= 4 is 23.3 Å². The van der Waals surface area contributed by atoms with Crippen molar-refractivity contribution in [3.05, 3.63) is 57.5 Å². The van der Waals surface area contributed by atoms with Gasteiger partial charge in [0.2, 0.25) is 0 Å². The quantitative estimate of drug-likeness (QED) is 0.688. The van der Waals surface area contributed by atoms with E-state index in [0.29, 0.717) is 0 Å². The van der Waals surface area contributed by atoms with Crippen LogP contribution >= 0.6 is 11.3 Å². The van der Waals surface area contributed by atoms with Gasteiger partial charge in [-0.3, -0.25) is 5.32 Å². The number of nitrogens with one attached hydrogen (secondary N) is 1. The number of halogens is 1. The van der Waals surface area contributed by atoms with Gasteiger partial charge in [-0.1, -0.05) is 18.2 Å². The molecule has 1 saturated heterocycles. The fourth-order valence-electron chi connectivity index (χ4n) is 3.16. The number of carbonyl (C=O) groups is 2. The van der Waals surface area contributed by atoms with Gasteiger partial charge in [0.1, 0.15) is 22.8 Å². The summed E-state index contributed by atoms with van der Waals surface area (Å²) < 4.78 is 20.0. The molecule has 2 heterocycles. The lowest BCUT2D eigenvalue weighted by atomic mass is 10.1. The maximum atomic E-state index is 14.3. The number of hydrogen-bond donors (Lipinski definition) is 2. The zero-order chi connectivity index (χ0) is 20.1. The summed E-state index contributed by atoms with van der Waals surface area (Å²) in [4.78, 5) is 27.0. The van der Waals surface area contributed by atoms with Gasteiger partial charge in [-0.15, -0.1) is 11.3 Å². The molecule has 150 valence electrons. The van der Waals surface area contributed by atoms with Crippen LogP contribution < -0.4 is 5.32 Å². The molecule has 6 nitrogen and oxygen atoms in total. The summed E-state index contributed by atoms with van der Waals surface area (Å²) in [5, 5.41) is 12.1. The molecule has 8 heteroatoms. The summed E-state index contributed by atoms with van der Waals surface area (Å²) in [5.74, 6) is -2.00. The summed E-state index contributed by atoms with van der Waals surface area (Å²) in [6.45, 7) is 1.94. The van der Waals surface area contributed by atoms with Crippen LogP contribution in [0.25, 0.3) is 0 Å². The fourth-order valence-corrected chi connectivity index (χ4v) is 3.95. The van der Waals surface area contributed by atoms with Crippen molar-refractivity contribution in [2.45, 2.75) is 31.5 Å². The number of nitrogens with zero attached hydrogens (tertiary/aromatic N) is 1. The number of esters is 1. The molecular weight excluding hydrogens is 383 g/mol. The molecule has 0 saturated carbocycles. The Kier molecular flexibility index (Phi) is 6.77.